The zero-order valence-corrected chi connectivity index (χ0v) is 20.8. The normalized spacial score (nSPS) is 15.9. The van der Waals surface area contributed by atoms with Gasteiger partial charge in [0.2, 0.25) is 0 Å². The number of aromatic nitrogens is 2. The number of aliphatic hydroxyl groups excluding tert-OH is 1. The van der Waals surface area contributed by atoms with E-state index in [-0.39, 0.29) is 18.3 Å². The maximum atomic E-state index is 13.7. The van der Waals surface area contributed by atoms with Crippen molar-refractivity contribution >= 4 is 5.91 Å². The van der Waals surface area contributed by atoms with E-state index in [2.05, 4.69) is 24.2 Å². The molecular weight excluding hydrogens is 461 g/mol. The Balaban J connectivity index is 0.000000658. The second-order valence-electron chi connectivity index (χ2n) is 8.11. The molecule has 1 amide bonds. The molecule has 1 fully saturated rings. The van der Waals surface area contributed by atoms with Crippen LogP contribution >= 0.6 is 0 Å². The summed E-state index contributed by atoms with van der Waals surface area (Å²) >= 11 is 0. The van der Waals surface area contributed by atoms with E-state index in [1.54, 1.807) is 59.5 Å². The number of aryl methyl sites for hydroxylation is 1. The first kappa shape index (κ1) is 26.7. The van der Waals surface area contributed by atoms with Gasteiger partial charge in [-0.3, -0.25) is 4.79 Å². The number of furan rings is 1. The smallest absolute Gasteiger partial charge is 0.250 e. The Morgan fingerprint density at radius 3 is 2.72 bits per heavy atom. The summed E-state index contributed by atoms with van der Waals surface area (Å²) in [4.78, 5) is 14.1. The van der Waals surface area contributed by atoms with Gasteiger partial charge >= 0.3 is 0 Å². The zero-order valence-electron chi connectivity index (χ0n) is 20.8. The van der Waals surface area contributed by atoms with Crippen molar-refractivity contribution < 1.29 is 23.4 Å². The van der Waals surface area contributed by atoms with Gasteiger partial charge in [-0.1, -0.05) is 31.2 Å². The molecule has 36 heavy (non-hydrogen) atoms. The van der Waals surface area contributed by atoms with Crippen molar-refractivity contribution in [2.45, 2.75) is 39.8 Å². The maximum Gasteiger partial charge on any atom is 0.250 e. The third kappa shape index (κ3) is 6.60. The number of carbonyl (C=O) groups excluding carboxylic acids is 1. The van der Waals surface area contributed by atoms with Crippen LogP contribution in [0.4, 0.5) is 4.39 Å². The average Bonchev–Trinajstić information content (AvgIpc) is 3.62. The largest absolute Gasteiger partial charge is 0.516 e. The molecule has 4 rings (SSSR count). The first-order valence-corrected chi connectivity index (χ1v) is 11.9. The molecule has 1 aliphatic rings. The number of hydrogen-bond acceptors (Lipinski definition) is 5. The highest BCUT2D eigenvalue weighted by atomic mass is 19.1. The number of ether oxygens (including phenoxy) is 1. The van der Waals surface area contributed by atoms with E-state index in [4.69, 9.17) is 14.3 Å². The van der Waals surface area contributed by atoms with Gasteiger partial charge in [-0.15, -0.1) is 0 Å². The number of nitrogens with zero attached hydrogens (tertiary/aromatic N) is 3. The van der Waals surface area contributed by atoms with Gasteiger partial charge in [-0.2, -0.15) is 5.10 Å². The summed E-state index contributed by atoms with van der Waals surface area (Å²) in [7, 11) is 0. The van der Waals surface area contributed by atoms with Crippen LogP contribution in [0.25, 0.3) is 16.9 Å². The first-order chi connectivity index (χ1) is 17.5. The molecule has 8 heteroatoms. The van der Waals surface area contributed by atoms with Gasteiger partial charge in [0.25, 0.3) is 5.91 Å². The molecule has 1 saturated heterocycles. The van der Waals surface area contributed by atoms with Crippen LogP contribution in [0.2, 0.25) is 0 Å². The van der Waals surface area contributed by atoms with Gasteiger partial charge < -0.3 is 19.2 Å². The number of amides is 1. The van der Waals surface area contributed by atoms with Crippen molar-refractivity contribution in [2.75, 3.05) is 13.2 Å². The number of halogens is 1. The lowest BCUT2D eigenvalue weighted by atomic mass is 10.1. The van der Waals surface area contributed by atoms with E-state index < -0.39 is 6.23 Å². The minimum Gasteiger partial charge on any atom is -0.516 e. The summed E-state index contributed by atoms with van der Waals surface area (Å²) in [6.07, 6.45) is 16.3. The molecule has 2 aromatic heterocycles. The Hall–Kier alpha value is -3.91. The van der Waals surface area contributed by atoms with Gasteiger partial charge in [-0.25, -0.2) is 9.07 Å². The van der Waals surface area contributed by atoms with E-state index in [1.807, 2.05) is 13.0 Å². The summed E-state index contributed by atoms with van der Waals surface area (Å²) in [5.74, 6) is -0.397. The molecule has 0 bridgehead atoms. The van der Waals surface area contributed by atoms with Crippen molar-refractivity contribution in [2.24, 2.45) is 0 Å². The molecule has 1 unspecified atom stereocenters. The monoisotopic (exact) mass is 493 g/mol. The Bertz CT molecular complexity index is 1210. The van der Waals surface area contributed by atoms with Gasteiger partial charge in [0.15, 0.2) is 6.23 Å². The summed E-state index contributed by atoms with van der Waals surface area (Å²) in [6, 6.07) is 6.55. The number of rotatable bonds is 8. The highest BCUT2D eigenvalue weighted by Crippen LogP contribution is 2.35. The van der Waals surface area contributed by atoms with E-state index in [1.165, 1.54) is 12.1 Å². The third-order valence-electron chi connectivity index (χ3n) is 5.52. The SMILES string of the molecule is C/C=C\CC.Cc1cc(-n2cc(C3OCC(=O)N3CC/C=C/C=C/O)c(-c3ccoc3)n2)ccc1F. The van der Waals surface area contributed by atoms with Crippen molar-refractivity contribution in [3.63, 3.8) is 0 Å². The molecular formula is C28H32FN3O4. The van der Waals surface area contributed by atoms with Crippen LogP contribution in [-0.4, -0.2) is 38.8 Å². The van der Waals surface area contributed by atoms with Gasteiger partial charge in [-0.05, 0) is 62.6 Å². The van der Waals surface area contributed by atoms with E-state index in [9.17, 15) is 9.18 Å². The van der Waals surface area contributed by atoms with Crippen molar-refractivity contribution in [3.8, 4) is 16.9 Å². The topological polar surface area (TPSA) is 80.7 Å². The molecule has 0 radical (unpaired) electrons. The minimum atomic E-state index is -0.602. The van der Waals surface area contributed by atoms with E-state index in [0.717, 1.165) is 18.2 Å². The molecule has 0 saturated carbocycles. The highest BCUT2D eigenvalue weighted by molar-refractivity contribution is 5.80. The molecule has 1 aromatic carbocycles. The molecule has 1 aliphatic heterocycles. The summed E-state index contributed by atoms with van der Waals surface area (Å²) < 4.78 is 26.4. The molecule has 3 aromatic rings. The standard InChI is InChI=1S/C23H22FN3O4.C5H10/c1-16-12-18(6-7-20(16)24)27-13-19(22(25-27)17-8-11-30-14-17)23-26(21(29)15-31-23)9-4-2-3-5-10-28;1-3-5-4-2/h2-3,5-8,10-14,23,28H,4,9,15H2,1H3;3,5H,4H2,1-2H3/b3-2+,10-5+;5-3-. The van der Waals surface area contributed by atoms with Crippen LogP contribution in [0.1, 0.15) is 44.0 Å². The fourth-order valence-corrected chi connectivity index (χ4v) is 3.72. The Kier molecular flexibility index (Phi) is 9.82. The van der Waals surface area contributed by atoms with Gasteiger partial charge in [0.05, 0.1) is 24.5 Å². The zero-order chi connectivity index (χ0) is 25.9. The molecule has 0 spiro atoms. The van der Waals surface area contributed by atoms with E-state index >= 15 is 0 Å². The van der Waals surface area contributed by atoms with Crippen LogP contribution in [0, 0.1) is 12.7 Å². The van der Waals surface area contributed by atoms with Gasteiger partial charge in [0, 0.05) is 23.9 Å². The summed E-state index contributed by atoms with van der Waals surface area (Å²) in [5, 5.41) is 13.4. The van der Waals surface area contributed by atoms with Crippen molar-refractivity contribution in [3.05, 3.63) is 96.6 Å². The quantitative estimate of drug-likeness (QED) is 0.222. The molecule has 190 valence electrons. The summed E-state index contributed by atoms with van der Waals surface area (Å²) in [6.45, 7) is 6.28. The lowest BCUT2D eigenvalue weighted by molar-refractivity contribution is -0.128. The van der Waals surface area contributed by atoms with Crippen LogP contribution in [0.5, 0.6) is 0 Å². The highest BCUT2D eigenvalue weighted by Gasteiger charge is 2.36. The Morgan fingerprint density at radius 1 is 1.25 bits per heavy atom. The maximum absolute atomic E-state index is 13.7. The fraction of sp³-hybridized carbons (Fsp3) is 0.286. The predicted molar refractivity (Wildman–Crippen MR) is 137 cm³/mol. The minimum absolute atomic E-state index is 0.0173. The van der Waals surface area contributed by atoms with Crippen LogP contribution in [0.3, 0.4) is 0 Å². The second kappa shape index (κ2) is 13.3. The molecule has 1 atom stereocenters. The van der Waals surface area contributed by atoms with Crippen LogP contribution < -0.4 is 0 Å². The molecule has 7 nitrogen and oxygen atoms in total. The average molecular weight is 494 g/mol. The Morgan fingerprint density at radius 2 is 2.08 bits per heavy atom. The number of allylic oxidation sites excluding steroid dienone is 4. The number of carbonyl (C=O) groups is 1. The van der Waals surface area contributed by atoms with Crippen LogP contribution in [0.15, 0.2) is 84.0 Å². The third-order valence-corrected chi connectivity index (χ3v) is 5.52. The number of hydrogen-bond donors (Lipinski definition) is 1. The lowest BCUT2D eigenvalue weighted by Gasteiger charge is -2.22. The van der Waals surface area contributed by atoms with Crippen LogP contribution in [-0.2, 0) is 9.53 Å². The second-order valence-corrected chi connectivity index (χ2v) is 8.11. The first-order valence-electron chi connectivity index (χ1n) is 11.9. The van der Waals surface area contributed by atoms with E-state index in [0.29, 0.717) is 35.5 Å². The Labute approximate surface area is 210 Å². The van der Waals surface area contributed by atoms with Gasteiger partial charge in [0.1, 0.15) is 18.1 Å². The predicted octanol–water partition coefficient (Wildman–Crippen LogP) is 6.43. The number of aliphatic hydroxyl groups is 1. The van der Waals surface area contributed by atoms with Crippen molar-refractivity contribution in [1.82, 2.24) is 14.7 Å². The molecule has 3 heterocycles. The number of benzene rings is 1. The summed E-state index contributed by atoms with van der Waals surface area (Å²) in [5.41, 5.74) is 3.30. The molecule has 1 N–H and O–H groups in total. The molecule has 0 aliphatic carbocycles. The lowest BCUT2D eigenvalue weighted by Crippen LogP contribution is -2.29. The fourth-order valence-electron chi connectivity index (χ4n) is 3.72. The van der Waals surface area contributed by atoms with Crippen molar-refractivity contribution in [1.29, 1.82) is 0 Å².